The molecule has 0 spiro atoms. The maximum absolute atomic E-state index is 5.56. The maximum atomic E-state index is 5.56. The highest BCUT2D eigenvalue weighted by atomic mass is 127. The molecule has 0 N–H and O–H groups in total. The van der Waals surface area contributed by atoms with E-state index in [1.807, 2.05) is 0 Å². The van der Waals surface area contributed by atoms with Crippen molar-refractivity contribution in [2.24, 2.45) is 10.8 Å². The summed E-state index contributed by atoms with van der Waals surface area (Å²) in [5, 5.41) is 0. The first-order valence-corrected chi connectivity index (χ1v) is 8.51. The third-order valence-electron chi connectivity index (χ3n) is 4.24. The van der Waals surface area contributed by atoms with Gasteiger partial charge in [-0.05, 0) is 52.3 Å². The Morgan fingerprint density at radius 3 is 2.06 bits per heavy atom. The topological polar surface area (TPSA) is 9.23 Å². The monoisotopic (exact) mass is 368 g/mol. The second-order valence-corrected chi connectivity index (χ2v) is 7.53. The average molecular weight is 368 g/mol. The average Bonchev–Trinajstić information content (AvgIpc) is 2.25. The van der Waals surface area contributed by atoms with Gasteiger partial charge in [0.25, 0.3) is 0 Å². The second kappa shape index (κ2) is 7.17. The summed E-state index contributed by atoms with van der Waals surface area (Å²) in [5.74, 6) is 0. The van der Waals surface area contributed by atoms with E-state index in [9.17, 15) is 0 Å². The number of unbranched alkanes of at least 4 members (excludes halogenated alkanes) is 2. The highest BCUT2D eigenvalue weighted by Crippen LogP contribution is 2.49. The number of rotatable bonds is 6. The van der Waals surface area contributed by atoms with E-state index >= 15 is 0 Å². The highest BCUT2D eigenvalue weighted by Gasteiger charge is 2.39. The molecule has 0 saturated heterocycles. The molecule has 0 unspecified atom stereocenters. The highest BCUT2D eigenvalue weighted by molar-refractivity contribution is 14.1. The Balaban J connectivity index is 5.12. The van der Waals surface area contributed by atoms with Crippen LogP contribution in [0.3, 0.4) is 0 Å². The van der Waals surface area contributed by atoms with Crippen LogP contribution in [0.15, 0.2) is 9.34 Å². The quantitative estimate of drug-likeness (QED) is 0.289. The number of hydrogen-bond donors (Lipinski definition) is 0. The molecular weight excluding hydrogens is 339 g/mol. The normalized spacial score (nSPS) is 17.6. The molecule has 0 rings (SSSR count). The summed E-state index contributed by atoms with van der Waals surface area (Å²) in [6.45, 7) is 14.0. The van der Waals surface area contributed by atoms with Gasteiger partial charge in [-0.1, -0.05) is 53.9 Å². The van der Waals surface area contributed by atoms with Gasteiger partial charge < -0.3 is 4.43 Å². The number of allylic oxidation sites excluding steroid dienone is 1. The van der Waals surface area contributed by atoms with E-state index in [1.54, 1.807) is 0 Å². The minimum absolute atomic E-state index is 0.239. The first-order valence-electron chi connectivity index (χ1n) is 6.61. The molecular formula is C14H29IOSi. The van der Waals surface area contributed by atoms with Crippen molar-refractivity contribution in [2.75, 3.05) is 0 Å². The zero-order valence-corrected chi connectivity index (χ0v) is 16.8. The van der Waals surface area contributed by atoms with E-state index in [2.05, 4.69) is 64.1 Å². The van der Waals surface area contributed by atoms with Gasteiger partial charge in [-0.25, -0.2) is 0 Å². The molecule has 0 aromatic carbocycles. The van der Waals surface area contributed by atoms with E-state index in [-0.39, 0.29) is 10.8 Å². The Kier molecular flexibility index (Phi) is 7.37. The molecule has 0 heterocycles. The van der Waals surface area contributed by atoms with Gasteiger partial charge in [-0.15, -0.1) is 0 Å². The van der Waals surface area contributed by atoms with Crippen LogP contribution in [0.5, 0.6) is 0 Å². The summed E-state index contributed by atoms with van der Waals surface area (Å²) >= 11 is 2.35. The van der Waals surface area contributed by atoms with Crippen LogP contribution in [0.1, 0.15) is 67.2 Å². The van der Waals surface area contributed by atoms with Crippen LogP contribution >= 0.6 is 22.6 Å². The summed E-state index contributed by atoms with van der Waals surface area (Å²) in [6, 6.07) is 0. The molecule has 1 nitrogen and oxygen atoms in total. The smallest absolute Gasteiger partial charge is 0.204 e. The van der Waals surface area contributed by atoms with Crippen molar-refractivity contribution in [3.05, 3.63) is 9.34 Å². The van der Waals surface area contributed by atoms with Crippen LogP contribution in [0.25, 0.3) is 0 Å². The fourth-order valence-corrected chi connectivity index (χ4v) is 3.12. The first-order chi connectivity index (χ1) is 7.70. The molecule has 102 valence electrons. The lowest BCUT2D eigenvalue weighted by Gasteiger charge is -2.43. The van der Waals surface area contributed by atoms with Crippen LogP contribution in [0.4, 0.5) is 0 Å². The van der Waals surface area contributed by atoms with Gasteiger partial charge in [0, 0.05) is 0 Å². The van der Waals surface area contributed by atoms with Gasteiger partial charge in [0.2, 0.25) is 10.5 Å². The summed E-state index contributed by atoms with van der Waals surface area (Å²) in [5.41, 5.74) is 1.95. The molecule has 1 atom stereocenters. The molecule has 3 heteroatoms. The molecule has 0 radical (unpaired) electrons. The van der Waals surface area contributed by atoms with Gasteiger partial charge in [0.1, 0.15) is 3.77 Å². The molecule has 0 bridgehead atoms. The Morgan fingerprint density at radius 2 is 1.71 bits per heavy atom. The van der Waals surface area contributed by atoms with Crippen molar-refractivity contribution in [2.45, 2.75) is 67.2 Å². The van der Waals surface area contributed by atoms with Crippen LogP contribution in [-0.4, -0.2) is 10.5 Å². The zero-order valence-electron chi connectivity index (χ0n) is 12.6. The molecule has 0 fully saturated rings. The van der Waals surface area contributed by atoms with Gasteiger partial charge >= 0.3 is 0 Å². The van der Waals surface area contributed by atoms with Gasteiger partial charge in [0.05, 0.1) is 0 Å². The zero-order chi connectivity index (χ0) is 13.7. The second-order valence-electron chi connectivity index (χ2n) is 6.14. The van der Waals surface area contributed by atoms with Crippen molar-refractivity contribution >= 4 is 33.1 Å². The number of halogens is 1. The Bertz CT molecular complexity index is 268. The van der Waals surface area contributed by atoms with Gasteiger partial charge in [-0.2, -0.15) is 0 Å². The van der Waals surface area contributed by atoms with Crippen LogP contribution < -0.4 is 0 Å². The van der Waals surface area contributed by atoms with Crippen molar-refractivity contribution in [3.63, 3.8) is 0 Å². The summed E-state index contributed by atoms with van der Waals surface area (Å²) in [7, 11) is 0.781. The SMILES string of the molecule is CCCCC[C@](C)(C(C)=C(I)O[SiH3])C(C)(C)C. The maximum Gasteiger partial charge on any atom is 0.204 e. The van der Waals surface area contributed by atoms with Crippen molar-refractivity contribution in [1.82, 2.24) is 0 Å². The fraction of sp³-hybridized carbons (Fsp3) is 0.857. The van der Waals surface area contributed by atoms with E-state index < -0.39 is 0 Å². The van der Waals surface area contributed by atoms with Crippen LogP contribution in [0.2, 0.25) is 0 Å². The lowest BCUT2D eigenvalue weighted by molar-refractivity contribution is 0.132. The standard InChI is InChI=1S/C14H29IOSi/c1-7-8-9-10-14(6,13(3,4)5)11(2)12(15)16-17/h7-10H2,1-6,17H3/t14-/m1/s1. The molecule has 0 aromatic rings. The Morgan fingerprint density at radius 1 is 1.18 bits per heavy atom. The van der Waals surface area contributed by atoms with E-state index in [0.717, 1.165) is 14.3 Å². The molecule has 0 aliphatic heterocycles. The van der Waals surface area contributed by atoms with E-state index in [0.29, 0.717) is 0 Å². The lowest BCUT2D eigenvalue weighted by Crippen LogP contribution is -2.34. The summed E-state index contributed by atoms with van der Waals surface area (Å²) in [4.78, 5) is 0. The molecule has 0 aliphatic rings. The van der Waals surface area contributed by atoms with Gasteiger partial charge in [-0.3, -0.25) is 0 Å². The predicted molar refractivity (Wildman–Crippen MR) is 89.4 cm³/mol. The Labute approximate surface area is 124 Å². The molecule has 17 heavy (non-hydrogen) atoms. The van der Waals surface area contributed by atoms with Gasteiger partial charge in [0.15, 0.2) is 0 Å². The number of hydrogen-bond acceptors (Lipinski definition) is 1. The van der Waals surface area contributed by atoms with E-state index in [1.165, 1.54) is 31.3 Å². The summed E-state index contributed by atoms with van der Waals surface area (Å²) in [6.07, 6.45) is 5.19. The molecule has 0 saturated carbocycles. The first kappa shape index (κ1) is 17.5. The van der Waals surface area contributed by atoms with Crippen LogP contribution in [-0.2, 0) is 4.43 Å². The Hall–Kier alpha value is 0.487. The molecule has 0 amide bonds. The van der Waals surface area contributed by atoms with Crippen LogP contribution in [0, 0.1) is 10.8 Å². The van der Waals surface area contributed by atoms with E-state index in [4.69, 9.17) is 4.43 Å². The minimum atomic E-state index is 0.239. The molecule has 0 aliphatic carbocycles. The molecule has 0 aromatic heterocycles. The van der Waals surface area contributed by atoms with Crippen molar-refractivity contribution in [3.8, 4) is 0 Å². The fourth-order valence-electron chi connectivity index (χ4n) is 2.22. The third-order valence-corrected chi connectivity index (χ3v) is 6.73. The lowest BCUT2D eigenvalue weighted by atomic mass is 9.62. The minimum Gasteiger partial charge on any atom is -0.549 e. The predicted octanol–water partition coefficient (Wildman–Crippen LogP) is 4.58. The summed E-state index contributed by atoms with van der Waals surface area (Å²) < 4.78 is 6.68. The van der Waals surface area contributed by atoms with Crippen molar-refractivity contribution in [1.29, 1.82) is 0 Å². The van der Waals surface area contributed by atoms with Crippen molar-refractivity contribution < 1.29 is 4.43 Å². The third kappa shape index (κ3) is 4.58. The largest absolute Gasteiger partial charge is 0.549 e.